The van der Waals surface area contributed by atoms with E-state index in [0.717, 1.165) is 5.56 Å². The van der Waals surface area contributed by atoms with Crippen molar-refractivity contribution < 1.29 is 19.7 Å². The Bertz CT molecular complexity index is 347. The fourth-order valence-electron chi connectivity index (χ4n) is 1.40. The molecule has 0 heterocycles. The summed E-state index contributed by atoms with van der Waals surface area (Å²) < 4.78 is 10.7. The van der Waals surface area contributed by atoms with Crippen LogP contribution in [0.2, 0.25) is 0 Å². The van der Waals surface area contributed by atoms with Crippen molar-refractivity contribution in [3.05, 3.63) is 23.8 Å². The number of ether oxygens (including phenoxy) is 2. The monoisotopic (exact) mass is 240 g/mol. The number of aliphatic hydroxyl groups is 2. The molecule has 1 unspecified atom stereocenters. The molecule has 0 aromatic heterocycles. The number of rotatable bonds is 6. The average Bonchev–Trinajstić information content (AvgIpc) is 2.28. The van der Waals surface area contributed by atoms with Gasteiger partial charge in [-0.2, -0.15) is 0 Å². The molecule has 1 rings (SSSR count). The lowest BCUT2D eigenvalue weighted by atomic mass is 10.1. The number of hydrogen-bond donors (Lipinski definition) is 2. The molecule has 2 atom stereocenters. The highest BCUT2D eigenvalue weighted by Crippen LogP contribution is 2.30. The van der Waals surface area contributed by atoms with Gasteiger partial charge in [0.2, 0.25) is 0 Å². The standard InChI is InChI=1S/C13H20O4/c1-9(14)6-7-17-12-5-4-11(10(2)15)8-13(12)16-3/h4-5,8-10,14-15H,6-7H2,1-3H3/t9?,10-/m1/s1. The van der Waals surface area contributed by atoms with Crippen molar-refractivity contribution in [2.24, 2.45) is 0 Å². The Morgan fingerprint density at radius 1 is 1.18 bits per heavy atom. The van der Waals surface area contributed by atoms with Gasteiger partial charge in [0.05, 0.1) is 25.9 Å². The summed E-state index contributed by atoms with van der Waals surface area (Å²) in [4.78, 5) is 0. The highest BCUT2D eigenvalue weighted by atomic mass is 16.5. The number of aliphatic hydroxyl groups excluding tert-OH is 2. The third-order valence-corrected chi connectivity index (χ3v) is 2.46. The molecule has 0 saturated heterocycles. The van der Waals surface area contributed by atoms with Crippen LogP contribution in [0.3, 0.4) is 0 Å². The Labute approximate surface area is 102 Å². The van der Waals surface area contributed by atoms with E-state index in [4.69, 9.17) is 14.6 Å². The predicted molar refractivity (Wildman–Crippen MR) is 65.4 cm³/mol. The summed E-state index contributed by atoms with van der Waals surface area (Å²) >= 11 is 0. The van der Waals surface area contributed by atoms with Gasteiger partial charge in [-0.1, -0.05) is 6.07 Å². The van der Waals surface area contributed by atoms with E-state index in [-0.39, 0.29) is 6.10 Å². The molecule has 0 radical (unpaired) electrons. The van der Waals surface area contributed by atoms with Crippen molar-refractivity contribution in [2.75, 3.05) is 13.7 Å². The molecule has 0 aliphatic rings. The second kappa shape index (κ2) is 6.47. The smallest absolute Gasteiger partial charge is 0.161 e. The first-order valence-electron chi connectivity index (χ1n) is 5.71. The molecule has 1 aromatic carbocycles. The minimum atomic E-state index is -0.532. The molecule has 0 saturated carbocycles. The van der Waals surface area contributed by atoms with Crippen LogP contribution in [0, 0.1) is 0 Å². The Hall–Kier alpha value is -1.26. The molecule has 0 bridgehead atoms. The van der Waals surface area contributed by atoms with Gasteiger partial charge in [-0.3, -0.25) is 0 Å². The number of methoxy groups -OCH3 is 1. The Morgan fingerprint density at radius 3 is 2.41 bits per heavy atom. The zero-order valence-electron chi connectivity index (χ0n) is 10.5. The van der Waals surface area contributed by atoms with Crippen LogP contribution in [0.5, 0.6) is 11.5 Å². The molecule has 96 valence electrons. The van der Waals surface area contributed by atoms with Gasteiger partial charge >= 0.3 is 0 Å². The molecule has 2 N–H and O–H groups in total. The summed E-state index contributed by atoms with van der Waals surface area (Å²) in [7, 11) is 1.56. The first-order chi connectivity index (χ1) is 8.04. The van der Waals surface area contributed by atoms with Crippen LogP contribution in [0.15, 0.2) is 18.2 Å². The van der Waals surface area contributed by atoms with E-state index >= 15 is 0 Å². The van der Waals surface area contributed by atoms with Gasteiger partial charge in [0, 0.05) is 6.42 Å². The van der Waals surface area contributed by atoms with Crippen LogP contribution in [0.1, 0.15) is 31.9 Å². The van der Waals surface area contributed by atoms with E-state index in [1.54, 1.807) is 39.2 Å². The molecule has 0 amide bonds. The van der Waals surface area contributed by atoms with Crippen molar-refractivity contribution in [3.8, 4) is 11.5 Å². The van der Waals surface area contributed by atoms with E-state index < -0.39 is 6.10 Å². The van der Waals surface area contributed by atoms with Crippen LogP contribution in [-0.2, 0) is 0 Å². The molecule has 17 heavy (non-hydrogen) atoms. The molecule has 0 fully saturated rings. The maximum absolute atomic E-state index is 9.45. The topological polar surface area (TPSA) is 58.9 Å². The van der Waals surface area contributed by atoms with Gasteiger partial charge in [0.25, 0.3) is 0 Å². The minimum Gasteiger partial charge on any atom is -0.493 e. The van der Waals surface area contributed by atoms with Gasteiger partial charge < -0.3 is 19.7 Å². The fourth-order valence-corrected chi connectivity index (χ4v) is 1.40. The van der Waals surface area contributed by atoms with Crippen LogP contribution < -0.4 is 9.47 Å². The molecule has 0 aliphatic heterocycles. The first kappa shape index (κ1) is 13.8. The quantitative estimate of drug-likeness (QED) is 0.797. The normalized spacial score (nSPS) is 14.2. The van der Waals surface area contributed by atoms with Gasteiger partial charge in [-0.15, -0.1) is 0 Å². The maximum atomic E-state index is 9.45. The second-order valence-corrected chi connectivity index (χ2v) is 4.07. The molecule has 0 spiro atoms. The zero-order valence-corrected chi connectivity index (χ0v) is 10.5. The third kappa shape index (κ3) is 4.24. The SMILES string of the molecule is COc1cc([C@@H](C)O)ccc1OCCC(C)O. The van der Waals surface area contributed by atoms with Crippen LogP contribution in [0.4, 0.5) is 0 Å². The Balaban J connectivity index is 2.71. The lowest BCUT2D eigenvalue weighted by molar-refractivity contribution is 0.154. The largest absolute Gasteiger partial charge is 0.493 e. The van der Waals surface area contributed by atoms with E-state index in [9.17, 15) is 5.11 Å². The van der Waals surface area contributed by atoms with Crippen molar-refractivity contribution in [3.63, 3.8) is 0 Å². The van der Waals surface area contributed by atoms with Crippen molar-refractivity contribution in [1.29, 1.82) is 0 Å². The summed E-state index contributed by atoms with van der Waals surface area (Å²) in [6.07, 6.45) is -0.338. The average molecular weight is 240 g/mol. The van der Waals surface area contributed by atoms with E-state index in [1.807, 2.05) is 0 Å². The number of benzene rings is 1. The summed E-state index contributed by atoms with van der Waals surface area (Å²) in [5, 5.41) is 18.6. The molecule has 4 heteroatoms. The van der Waals surface area contributed by atoms with Gasteiger partial charge in [0.1, 0.15) is 0 Å². The predicted octanol–water partition coefficient (Wildman–Crippen LogP) is 1.90. The van der Waals surface area contributed by atoms with Crippen LogP contribution in [-0.4, -0.2) is 30.0 Å². The highest BCUT2D eigenvalue weighted by Gasteiger charge is 2.09. The van der Waals surface area contributed by atoms with Gasteiger partial charge in [-0.25, -0.2) is 0 Å². The van der Waals surface area contributed by atoms with E-state index in [2.05, 4.69) is 0 Å². The summed E-state index contributed by atoms with van der Waals surface area (Å²) in [5.41, 5.74) is 0.782. The minimum absolute atomic E-state index is 0.377. The Morgan fingerprint density at radius 2 is 1.88 bits per heavy atom. The van der Waals surface area contributed by atoms with Crippen LogP contribution >= 0.6 is 0 Å². The van der Waals surface area contributed by atoms with Crippen molar-refractivity contribution >= 4 is 0 Å². The highest BCUT2D eigenvalue weighted by molar-refractivity contribution is 5.43. The lowest BCUT2D eigenvalue weighted by Gasteiger charge is -2.13. The van der Waals surface area contributed by atoms with Crippen molar-refractivity contribution in [2.45, 2.75) is 32.5 Å². The fraction of sp³-hybridized carbons (Fsp3) is 0.538. The molecule has 4 nitrogen and oxygen atoms in total. The lowest BCUT2D eigenvalue weighted by Crippen LogP contribution is -2.08. The first-order valence-corrected chi connectivity index (χ1v) is 5.71. The van der Waals surface area contributed by atoms with Gasteiger partial charge in [0.15, 0.2) is 11.5 Å². The summed E-state index contributed by atoms with van der Waals surface area (Å²) in [6, 6.07) is 5.32. The zero-order chi connectivity index (χ0) is 12.8. The molecule has 1 aromatic rings. The summed E-state index contributed by atoms with van der Waals surface area (Å²) in [5.74, 6) is 1.21. The van der Waals surface area contributed by atoms with Crippen LogP contribution in [0.25, 0.3) is 0 Å². The number of hydrogen-bond acceptors (Lipinski definition) is 4. The summed E-state index contributed by atoms with van der Waals surface area (Å²) in [6.45, 7) is 3.85. The third-order valence-electron chi connectivity index (χ3n) is 2.46. The molecular weight excluding hydrogens is 220 g/mol. The molecule has 0 aliphatic carbocycles. The van der Waals surface area contributed by atoms with Crippen molar-refractivity contribution in [1.82, 2.24) is 0 Å². The molecular formula is C13H20O4. The van der Waals surface area contributed by atoms with Gasteiger partial charge in [-0.05, 0) is 31.5 Å². The second-order valence-electron chi connectivity index (χ2n) is 4.07. The Kier molecular flexibility index (Phi) is 5.25. The van der Waals surface area contributed by atoms with E-state index in [1.165, 1.54) is 0 Å². The van der Waals surface area contributed by atoms with E-state index in [0.29, 0.717) is 24.5 Å². The maximum Gasteiger partial charge on any atom is 0.161 e.